The number of carbonyl (C=O) groups is 2. The highest BCUT2D eigenvalue weighted by atomic mass is 16.5. The van der Waals surface area contributed by atoms with Gasteiger partial charge in [-0.3, -0.25) is 15.0 Å². The molecule has 2 aliphatic heterocycles. The van der Waals surface area contributed by atoms with E-state index in [1.807, 2.05) is 0 Å². The van der Waals surface area contributed by atoms with Crippen LogP contribution < -0.4 is 5.32 Å². The van der Waals surface area contributed by atoms with Crippen LogP contribution in [0.25, 0.3) is 0 Å². The number of hydrogen-bond acceptors (Lipinski definition) is 4. The summed E-state index contributed by atoms with van der Waals surface area (Å²) in [6.45, 7) is 6.14. The maximum Gasteiger partial charge on any atom is 0.325 e. The molecular weight excluding hydrogens is 258 g/mol. The standard InChI is InChI=1S/C14H23N3O3/c1-2-16-7-8-20-11(9-16)10-17-13(19)15-12(18)14(17)5-3-4-6-14/h11H,2-10H2,1H3,(H,15,18,19). The molecule has 1 spiro atoms. The van der Waals surface area contributed by atoms with Crippen LogP contribution in [0.15, 0.2) is 0 Å². The van der Waals surface area contributed by atoms with Gasteiger partial charge in [-0.15, -0.1) is 0 Å². The van der Waals surface area contributed by atoms with E-state index in [-0.39, 0.29) is 18.0 Å². The summed E-state index contributed by atoms with van der Waals surface area (Å²) in [5.41, 5.74) is -0.588. The van der Waals surface area contributed by atoms with E-state index >= 15 is 0 Å². The molecule has 0 aromatic rings. The fourth-order valence-corrected chi connectivity index (χ4v) is 3.69. The lowest BCUT2D eigenvalue weighted by Gasteiger charge is -2.38. The number of carbonyl (C=O) groups excluding carboxylic acids is 2. The Bertz CT molecular complexity index is 406. The molecular formula is C14H23N3O3. The molecule has 112 valence electrons. The summed E-state index contributed by atoms with van der Waals surface area (Å²) in [6, 6.07) is -0.242. The van der Waals surface area contributed by atoms with Gasteiger partial charge in [-0.1, -0.05) is 19.8 Å². The van der Waals surface area contributed by atoms with Crippen LogP contribution in [0.1, 0.15) is 32.6 Å². The Hall–Kier alpha value is -1.14. The minimum atomic E-state index is -0.588. The number of morpholine rings is 1. The van der Waals surface area contributed by atoms with Gasteiger partial charge >= 0.3 is 6.03 Å². The summed E-state index contributed by atoms with van der Waals surface area (Å²) in [5, 5.41) is 2.49. The minimum absolute atomic E-state index is 0.0119. The number of rotatable bonds is 3. The van der Waals surface area contributed by atoms with Crippen LogP contribution in [0.4, 0.5) is 4.79 Å². The van der Waals surface area contributed by atoms with E-state index in [0.29, 0.717) is 13.2 Å². The zero-order valence-corrected chi connectivity index (χ0v) is 12.1. The fraction of sp³-hybridized carbons (Fsp3) is 0.857. The molecule has 6 heteroatoms. The van der Waals surface area contributed by atoms with Gasteiger partial charge < -0.3 is 9.64 Å². The number of amides is 3. The van der Waals surface area contributed by atoms with Crippen LogP contribution >= 0.6 is 0 Å². The molecule has 3 aliphatic rings. The second kappa shape index (κ2) is 5.33. The maximum atomic E-state index is 12.2. The first-order valence-corrected chi connectivity index (χ1v) is 7.63. The number of nitrogens with zero attached hydrogens (tertiary/aromatic N) is 2. The summed E-state index contributed by atoms with van der Waals surface area (Å²) < 4.78 is 5.78. The second-order valence-electron chi connectivity index (χ2n) is 5.99. The van der Waals surface area contributed by atoms with Crippen LogP contribution in [-0.2, 0) is 9.53 Å². The number of urea groups is 1. The van der Waals surface area contributed by atoms with E-state index in [4.69, 9.17) is 4.74 Å². The fourth-order valence-electron chi connectivity index (χ4n) is 3.69. The summed E-state index contributed by atoms with van der Waals surface area (Å²) in [7, 11) is 0. The predicted octanol–water partition coefficient (Wildman–Crippen LogP) is 0.572. The van der Waals surface area contributed by atoms with Crippen molar-refractivity contribution >= 4 is 11.9 Å². The van der Waals surface area contributed by atoms with Crippen LogP contribution in [-0.4, -0.2) is 66.2 Å². The highest BCUT2D eigenvalue weighted by Crippen LogP contribution is 2.38. The van der Waals surface area contributed by atoms with Gasteiger partial charge in [0.25, 0.3) is 5.91 Å². The molecule has 6 nitrogen and oxygen atoms in total. The van der Waals surface area contributed by atoms with Crippen molar-refractivity contribution < 1.29 is 14.3 Å². The van der Waals surface area contributed by atoms with E-state index < -0.39 is 5.54 Å². The quantitative estimate of drug-likeness (QED) is 0.768. The molecule has 2 heterocycles. The topological polar surface area (TPSA) is 61.9 Å². The van der Waals surface area contributed by atoms with Gasteiger partial charge in [-0.2, -0.15) is 0 Å². The van der Waals surface area contributed by atoms with Crippen molar-refractivity contribution in [1.29, 1.82) is 0 Å². The third-order valence-corrected chi connectivity index (χ3v) is 4.89. The van der Waals surface area contributed by atoms with Gasteiger partial charge in [-0.05, 0) is 19.4 Å². The van der Waals surface area contributed by atoms with Crippen molar-refractivity contribution in [3.8, 4) is 0 Å². The van der Waals surface area contributed by atoms with Gasteiger partial charge in [0.15, 0.2) is 0 Å². The number of likely N-dealkylation sites (N-methyl/N-ethyl adjacent to an activating group) is 1. The Kier molecular flexibility index (Phi) is 3.69. The maximum absolute atomic E-state index is 12.2. The largest absolute Gasteiger partial charge is 0.374 e. The predicted molar refractivity (Wildman–Crippen MR) is 73.3 cm³/mol. The van der Waals surface area contributed by atoms with Gasteiger partial charge in [0.05, 0.1) is 19.3 Å². The zero-order valence-electron chi connectivity index (χ0n) is 12.1. The first-order valence-electron chi connectivity index (χ1n) is 7.63. The van der Waals surface area contributed by atoms with Crippen molar-refractivity contribution in [3.63, 3.8) is 0 Å². The van der Waals surface area contributed by atoms with Crippen LogP contribution in [0, 0.1) is 0 Å². The molecule has 0 aromatic carbocycles. The Balaban J connectivity index is 1.71. The summed E-state index contributed by atoms with van der Waals surface area (Å²) >= 11 is 0. The number of ether oxygens (including phenoxy) is 1. The molecule has 1 aliphatic carbocycles. The summed E-state index contributed by atoms with van der Waals surface area (Å²) in [5.74, 6) is -0.108. The smallest absolute Gasteiger partial charge is 0.325 e. The van der Waals surface area contributed by atoms with E-state index in [2.05, 4.69) is 17.1 Å². The van der Waals surface area contributed by atoms with Crippen molar-refractivity contribution in [3.05, 3.63) is 0 Å². The molecule has 1 unspecified atom stereocenters. The molecule has 3 rings (SSSR count). The van der Waals surface area contributed by atoms with Crippen molar-refractivity contribution in [1.82, 2.24) is 15.1 Å². The number of hydrogen-bond donors (Lipinski definition) is 1. The minimum Gasteiger partial charge on any atom is -0.374 e. The average Bonchev–Trinajstić information content (AvgIpc) is 3.02. The van der Waals surface area contributed by atoms with Gasteiger partial charge in [0.2, 0.25) is 0 Å². The second-order valence-corrected chi connectivity index (χ2v) is 5.99. The number of imide groups is 1. The van der Waals surface area contributed by atoms with E-state index in [0.717, 1.165) is 45.3 Å². The number of nitrogens with one attached hydrogen (secondary N) is 1. The normalized spacial score (nSPS) is 30.2. The first-order chi connectivity index (χ1) is 9.65. The highest BCUT2D eigenvalue weighted by Gasteiger charge is 2.54. The van der Waals surface area contributed by atoms with Crippen LogP contribution in [0.5, 0.6) is 0 Å². The highest BCUT2D eigenvalue weighted by molar-refractivity contribution is 6.07. The molecule has 1 N–H and O–H groups in total. The Morgan fingerprint density at radius 1 is 1.35 bits per heavy atom. The summed E-state index contributed by atoms with van der Waals surface area (Å²) in [4.78, 5) is 28.3. The van der Waals surface area contributed by atoms with Crippen molar-refractivity contribution in [2.75, 3.05) is 32.8 Å². The third kappa shape index (κ3) is 2.20. The molecule has 2 saturated heterocycles. The van der Waals surface area contributed by atoms with Gasteiger partial charge in [-0.25, -0.2) is 4.79 Å². The average molecular weight is 281 g/mol. The zero-order chi connectivity index (χ0) is 14.2. The van der Waals surface area contributed by atoms with E-state index in [1.54, 1.807) is 4.90 Å². The molecule has 3 fully saturated rings. The van der Waals surface area contributed by atoms with Crippen molar-refractivity contribution in [2.45, 2.75) is 44.2 Å². The molecule has 3 amide bonds. The van der Waals surface area contributed by atoms with Crippen molar-refractivity contribution in [2.24, 2.45) is 0 Å². The molecule has 0 bridgehead atoms. The molecule has 1 saturated carbocycles. The lowest BCUT2D eigenvalue weighted by Crippen LogP contribution is -2.54. The Morgan fingerprint density at radius 3 is 2.80 bits per heavy atom. The van der Waals surface area contributed by atoms with Crippen LogP contribution in [0.2, 0.25) is 0 Å². The van der Waals surface area contributed by atoms with E-state index in [9.17, 15) is 9.59 Å². The van der Waals surface area contributed by atoms with Gasteiger partial charge in [0.1, 0.15) is 5.54 Å². The first kappa shape index (κ1) is 13.8. The molecule has 20 heavy (non-hydrogen) atoms. The SMILES string of the molecule is CCN1CCOC(CN2C(=O)NC(=O)C23CCCC3)C1. The third-order valence-electron chi connectivity index (χ3n) is 4.89. The van der Waals surface area contributed by atoms with Crippen LogP contribution in [0.3, 0.4) is 0 Å². The Labute approximate surface area is 119 Å². The Morgan fingerprint density at radius 2 is 2.10 bits per heavy atom. The summed E-state index contributed by atoms with van der Waals surface area (Å²) in [6.07, 6.45) is 3.62. The lowest BCUT2D eigenvalue weighted by atomic mass is 9.95. The van der Waals surface area contributed by atoms with Gasteiger partial charge in [0, 0.05) is 13.1 Å². The monoisotopic (exact) mass is 281 g/mol. The van der Waals surface area contributed by atoms with E-state index in [1.165, 1.54) is 0 Å². The lowest BCUT2D eigenvalue weighted by molar-refractivity contribution is -0.127. The molecule has 1 atom stereocenters. The molecule has 0 aromatic heterocycles. The molecule has 0 radical (unpaired) electrons.